The Morgan fingerprint density at radius 2 is 0.741 bits per heavy atom. The van der Waals surface area contributed by atoms with Gasteiger partial charge in [-0.2, -0.15) is 0 Å². The van der Waals surface area contributed by atoms with E-state index in [4.69, 9.17) is 18.9 Å². The van der Waals surface area contributed by atoms with E-state index < -0.39 is 11.8 Å². The van der Waals surface area contributed by atoms with Gasteiger partial charge in [0, 0.05) is 34.2 Å². The molecule has 4 amide bonds. The van der Waals surface area contributed by atoms with Gasteiger partial charge >= 0.3 is 0 Å². The zero-order valence-corrected chi connectivity index (χ0v) is 33.2. The number of carbonyl (C=O) groups excluding carboxylic acids is 4. The predicted molar refractivity (Wildman–Crippen MR) is 212 cm³/mol. The van der Waals surface area contributed by atoms with Gasteiger partial charge < -0.3 is 40.2 Å². The zero-order chi connectivity index (χ0) is 40.1. The van der Waals surface area contributed by atoms with Gasteiger partial charge in [-0.15, -0.1) is 0 Å². The molecule has 0 saturated carbocycles. The van der Waals surface area contributed by atoms with Crippen LogP contribution in [0.3, 0.4) is 0 Å². The Labute approximate surface area is 317 Å². The van der Waals surface area contributed by atoms with Crippen LogP contribution < -0.4 is 40.2 Å². The van der Waals surface area contributed by atoms with Crippen molar-refractivity contribution in [2.24, 2.45) is 10.8 Å². The summed E-state index contributed by atoms with van der Waals surface area (Å²) >= 11 is 0. The highest BCUT2D eigenvalue weighted by Crippen LogP contribution is 2.38. The summed E-state index contributed by atoms with van der Waals surface area (Å²) in [4.78, 5) is 54.0. The monoisotopic (exact) mass is 740 g/mol. The third kappa shape index (κ3) is 8.70. The Bertz CT molecular complexity index is 1920. The van der Waals surface area contributed by atoms with Crippen LogP contribution in [0.25, 0.3) is 10.8 Å². The molecule has 54 heavy (non-hydrogen) atoms. The van der Waals surface area contributed by atoms with Crippen LogP contribution in [0.5, 0.6) is 23.0 Å². The smallest absolute Gasteiger partial charge is 0.259 e. The van der Waals surface area contributed by atoms with Gasteiger partial charge in [-0.1, -0.05) is 65.8 Å². The van der Waals surface area contributed by atoms with Crippen molar-refractivity contribution < 1.29 is 38.1 Å². The van der Waals surface area contributed by atoms with Crippen molar-refractivity contribution in [3.63, 3.8) is 0 Å². The molecule has 12 nitrogen and oxygen atoms in total. The molecule has 12 heteroatoms. The predicted octanol–water partition coefficient (Wildman–Crippen LogP) is 7.71. The Balaban J connectivity index is 1.64. The molecule has 0 spiro atoms. The number of benzene rings is 4. The molecular weight excluding hydrogens is 688 g/mol. The lowest BCUT2D eigenvalue weighted by atomic mass is 9.88. The summed E-state index contributed by atoms with van der Waals surface area (Å²) < 4.78 is 22.4. The van der Waals surface area contributed by atoms with Gasteiger partial charge in [0.15, 0.2) is 23.0 Å². The van der Waals surface area contributed by atoms with Crippen LogP contribution in [0.4, 0.5) is 11.4 Å². The molecule has 0 aromatic heterocycles. The number of rotatable bonds is 12. The second kappa shape index (κ2) is 16.5. The number of hydrogen-bond acceptors (Lipinski definition) is 8. The highest BCUT2D eigenvalue weighted by molar-refractivity contribution is 6.16. The van der Waals surface area contributed by atoms with Crippen molar-refractivity contribution >= 4 is 45.8 Å². The van der Waals surface area contributed by atoms with E-state index in [2.05, 4.69) is 21.3 Å². The summed E-state index contributed by atoms with van der Waals surface area (Å²) in [5.74, 6) is -1.23. The fourth-order valence-electron chi connectivity index (χ4n) is 5.54. The molecule has 4 aromatic rings. The summed E-state index contributed by atoms with van der Waals surface area (Å²) in [6.07, 6.45) is 0. The number of methoxy groups -OCH3 is 4. The van der Waals surface area contributed by atoms with Crippen LogP contribution in [0.2, 0.25) is 0 Å². The van der Waals surface area contributed by atoms with Gasteiger partial charge in [-0.05, 0) is 61.1 Å². The van der Waals surface area contributed by atoms with E-state index in [0.717, 1.165) is 0 Å². The quantitative estimate of drug-likeness (QED) is 0.115. The molecule has 0 radical (unpaired) electrons. The highest BCUT2D eigenvalue weighted by Gasteiger charge is 2.29. The molecule has 0 aliphatic rings. The van der Waals surface area contributed by atoms with E-state index >= 15 is 0 Å². The van der Waals surface area contributed by atoms with Gasteiger partial charge in [-0.3, -0.25) is 19.2 Å². The van der Waals surface area contributed by atoms with Gasteiger partial charge in [0.05, 0.1) is 50.7 Å². The molecule has 4 N–H and O–H groups in total. The van der Waals surface area contributed by atoms with Gasteiger partial charge in [0.1, 0.15) is 0 Å². The maximum atomic E-state index is 13.8. The van der Waals surface area contributed by atoms with Crippen LogP contribution in [0.1, 0.15) is 96.8 Å². The second-order valence-corrected chi connectivity index (χ2v) is 15.2. The minimum Gasteiger partial charge on any atom is -0.492 e. The van der Waals surface area contributed by atoms with Crippen molar-refractivity contribution in [3.05, 3.63) is 82.9 Å². The molecule has 0 aliphatic carbocycles. The minimum atomic E-state index is -0.500. The van der Waals surface area contributed by atoms with Crippen molar-refractivity contribution in [2.75, 3.05) is 39.1 Å². The summed E-state index contributed by atoms with van der Waals surface area (Å²) in [6, 6.07) is 16.4. The number of nitrogens with one attached hydrogen (secondary N) is 4. The van der Waals surface area contributed by atoms with Gasteiger partial charge in [-0.25, -0.2) is 0 Å². The molecule has 2 atom stereocenters. The SMILES string of the molecule is COc1c(C(=O)Nc2cccc3c(NC(=O)c4ccc(C(=O)N[C@H](C)C(C)(C)C)c(OC)c4OC)cccc23)ccc(C(=O)N[C@H](C)C(C)(C)C)c1OC. The molecule has 0 bridgehead atoms. The van der Waals surface area contributed by atoms with Crippen LogP contribution >= 0.6 is 0 Å². The number of hydrogen-bond donors (Lipinski definition) is 4. The Kier molecular flexibility index (Phi) is 12.5. The molecule has 0 saturated heterocycles. The Morgan fingerprint density at radius 3 is 1.00 bits per heavy atom. The van der Waals surface area contributed by atoms with Crippen LogP contribution in [-0.4, -0.2) is 64.2 Å². The van der Waals surface area contributed by atoms with Gasteiger partial charge in [0.2, 0.25) is 0 Å². The van der Waals surface area contributed by atoms with Crippen LogP contribution in [0.15, 0.2) is 60.7 Å². The molecule has 0 heterocycles. The van der Waals surface area contributed by atoms with E-state index in [1.807, 2.05) is 67.5 Å². The van der Waals surface area contributed by atoms with Crippen molar-refractivity contribution in [1.82, 2.24) is 10.6 Å². The third-order valence-corrected chi connectivity index (χ3v) is 9.73. The summed E-state index contributed by atoms with van der Waals surface area (Å²) in [5, 5.41) is 13.2. The van der Waals surface area contributed by atoms with Crippen molar-refractivity contribution in [3.8, 4) is 23.0 Å². The van der Waals surface area contributed by atoms with Crippen LogP contribution in [-0.2, 0) is 0 Å². The number of fused-ring (bicyclic) bond motifs is 1. The topological polar surface area (TPSA) is 153 Å². The highest BCUT2D eigenvalue weighted by atomic mass is 16.5. The summed E-state index contributed by atoms with van der Waals surface area (Å²) in [6.45, 7) is 16.0. The molecule has 0 aliphatic heterocycles. The normalized spacial score (nSPS) is 12.6. The number of carbonyl (C=O) groups is 4. The average Bonchev–Trinajstić information content (AvgIpc) is 3.12. The fraction of sp³-hybridized carbons (Fsp3) is 0.381. The van der Waals surface area contributed by atoms with E-state index in [1.54, 1.807) is 24.3 Å². The number of amides is 4. The first-order valence-electron chi connectivity index (χ1n) is 17.6. The lowest BCUT2D eigenvalue weighted by Gasteiger charge is -2.28. The molecule has 0 fully saturated rings. The number of ether oxygens (including phenoxy) is 4. The van der Waals surface area contributed by atoms with Crippen molar-refractivity contribution in [2.45, 2.75) is 67.5 Å². The van der Waals surface area contributed by atoms with Crippen LogP contribution in [0, 0.1) is 10.8 Å². The van der Waals surface area contributed by atoms with E-state index in [9.17, 15) is 19.2 Å². The number of anilines is 2. The summed E-state index contributed by atoms with van der Waals surface area (Å²) in [7, 11) is 5.63. The molecule has 0 unspecified atom stereocenters. The van der Waals surface area contributed by atoms with E-state index in [1.165, 1.54) is 52.7 Å². The van der Waals surface area contributed by atoms with E-state index in [-0.39, 0.29) is 80.0 Å². The first-order chi connectivity index (χ1) is 25.4. The maximum absolute atomic E-state index is 13.8. The average molecular weight is 741 g/mol. The standard InChI is InChI=1S/C42H52N4O8/c1-23(41(3,4)5)43-37(47)27-19-21-29(35(53-11)33(27)51-9)39(49)45-31-17-13-16-26-25(31)15-14-18-32(26)46-40(50)30-22-20-28(34(52-10)36(30)54-12)38(48)44-24(2)42(6,7)8/h13-24H,1-12H3,(H,43,47)(H,44,48)(H,45,49)(H,46,50)/t23-,24-/m1/s1. The van der Waals surface area contributed by atoms with Gasteiger partial charge in [0.25, 0.3) is 23.6 Å². The van der Waals surface area contributed by atoms with Crippen molar-refractivity contribution in [1.29, 1.82) is 0 Å². The third-order valence-electron chi connectivity index (χ3n) is 9.73. The lowest BCUT2D eigenvalue weighted by Crippen LogP contribution is -2.41. The zero-order valence-electron chi connectivity index (χ0n) is 33.2. The largest absolute Gasteiger partial charge is 0.492 e. The molecule has 4 aromatic carbocycles. The lowest BCUT2D eigenvalue weighted by molar-refractivity contribution is 0.0898. The molecule has 288 valence electrons. The first-order valence-corrected chi connectivity index (χ1v) is 17.6. The first kappa shape index (κ1) is 41.0. The Morgan fingerprint density at radius 1 is 0.463 bits per heavy atom. The van der Waals surface area contributed by atoms with E-state index in [0.29, 0.717) is 22.1 Å². The Hall–Kier alpha value is -5.78. The fourth-order valence-corrected chi connectivity index (χ4v) is 5.54. The minimum absolute atomic E-state index is 0.107. The second-order valence-electron chi connectivity index (χ2n) is 15.2. The molecule has 4 rings (SSSR count). The maximum Gasteiger partial charge on any atom is 0.259 e. The summed E-state index contributed by atoms with van der Waals surface area (Å²) in [5.41, 5.74) is 1.35. The molecular formula is C42H52N4O8.